The standard InChI is InChI=1S/C9H20Cl2OSi/c1-9(13(10)11)7-5-3-2-4-6-8-12/h9,12-13H,2-8H2,1H3. The van der Waals surface area contributed by atoms with Gasteiger partial charge in [0.15, 0.2) is 0 Å². The van der Waals surface area contributed by atoms with E-state index in [0.717, 1.165) is 12.8 Å². The van der Waals surface area contributed by atoms with Crippen molar-refractivity contribution in [2.45, 2.75) is 51.0 Å². The average molecular weight is 243 g/mol. The van der Waals surface area contributed by atoms with Crippen molar-refractivity contribution >= 4 is 29.6 Å². The first-order valence-corrected chi connectivity index (χ1v) is 9.23. The highest BCUT2D eigenvalue weighted by molar-refractivity contribution is 7.34. The molecule has 0 rings (SSSR count). The van der Waals surface area contributed by atoms with Gasteiger partial charge in [-0.05, 0) is 12.0 Å². The molecule has 1 nitrogen and oxygen atoms in total. The highest BCUT2D eigenvalue weighted by atomic mass is 35.7. The minimum atomic E-state index is -1.43. The van der Waals surface area contributed by atoms with Crippen molar-refractivity contribution in [3.63, 3.8) is 0 Å². The van der Waals surface area contributed by atoms with Crippen LogP contribution in [0.15, 0.2) is 0 Å². The maximum absolute atomic E-state index is 8.55. The van der Waals surface area contributed by atoms with E-state index in [-0.39, 0.29) is 0 Å². The van der Waals surface area contributed by atoms with Gasteiger partial charge in [0, 0.05) is 6.61 Å². The lowest BCUT2D eigenvalue weighted by Crippen LogP contribution is -2.02. The Kier molecular flexibility index (Phi) is 9.86. The summed E-state index contributed by atoms with van der Waals surface area (Å²) in [6.07, 6.45) is 6.97. The molecule has 4 heteroatoms. The Labute approximate surface area is 92.4 Å². The second-order valence-electron chi connectivity index (χ2n) is 3.59. The van der Waals surface area contributed by atoms with Crippen LogP contribution in [0.4, 0.5) is 0 Å². The number of aliphatic hydroxyl groups is 1. The van der Waals surface area contributed by atoms with Crippen molar-refractivity contribution in [3.05, 3.63) is 0 Å². The monoisotopic (exact) mass is 242 g/mol. The van der Waals surface area contributed by atoms with Crippen LogP contribution >= 0.6 is 22.2 Å². The fourth-order valence-corrected chi connectivity index (χ4v) is 2.48. The molecule has 0 spiro atoms. The molecule has 13 heavy (non-hydrogen) atoms. The van der Waals surface area contributed by atoms with Crippen LogP contribution < -0.4 is 0 Å². The summed E-state index contributed by atoms with van der Waals surface area (Å²) in [6, 6.07) is 0. The maximum Gasteiger partial charge on any atom is 0.239 e. The third-order valence-corrected chi connectivity index (χ3v) is 6.02. The summed E-state index contributed by atoms with van der Waals surface area (Å²) in [6.45, 7) is 2.47. The van der Waals surface area contributed by atoms with Gasteiger partial charge in [-0.3, -0.25) is 0 Å². The first-order chi connectivity index (χ1) is 6.18. The zero-order chi connectivity index (χ0) is 10.1. The quantitative estimate of drug-likeness (QED) is 0.393. The van der Waals surface area contributed by atoms with Crippen LogP contribution in [0.1, 0.15) is 45.4 Å². The molecule has 0 saturated carbocycles. The molecule has 80 valence electrons. The molecule has 0 aliphatic rings. The lowest BCUT2D eigenvalue weighted by atomic mass is 10.1. The Morgan fingerprint density at radius 1 is 1.08 bits per heavy atom. The van der Waals surface area contributed by atoms with Crippen molar-refractivity contribution in [3.8, 4) is 0 Å². The van der Waals surface area contributed by atoms with E-state index in [2.05, 4.69) is 6.92 Å². The molecule has 0 aromatic heterocycles. The van der Waals surface area contributed by atoms with E-state index in [1.54, 1.807) is 0 Å². The highest BCUT2D eigenvalue weighted by Crippen LogP contribution is 2.23. The zero-order valence-corrected chi connectivity index (χ0v) is 11.0. The molecule has 0 aliphatic carbocycles. The fraction of sp³-hybridized carbons (Fsp3) is 1.00. The molecule has 0 amide bonds. The molecule has 0 aromatic rings. The molecule has 0 saturated heterocycles. The van der Waals surface area contributed by atoms with Crippen LogP contribution in [0.2, 0.25) is 5.54 Å². The average Bonchev–Trinajstić information content (AvgIpc) is 2.10. The van der Waals surface area contributed by atoms with Crippen molar-refractivity contribution in [2.24, 2.45) is 0 Å². The Balaban J connectivity index is 3.07. The Morgan fingerprint density at radius 2 is 1.62 bits per heavy atom. The minimum absolute atomic E-state index is 0.328. The summed E-state index contributed by atoms with van der Waals surface area (Å²) >= 11 is 11.7. The van der Waals surface area contributed by atoms with Crippen LogP contribution in [0.25, 0.3) is 0 Å². The third kappa shape index (κ3) is 9.07. The van der Waals surface area contributed by atoms with E-state index in [1.165, 1.54) is 25.7 Å². The number of hydrogen-bond donors (Lipinski definition) is 1. The van der Waals surface area contributed by atoms with Gasteiger partial charge in [0.2, 0.25) is 7.42 Å². The van der Waals surface area contributed by atoms with Gasteiger partial charge in [-0.25, -0.2) is 0 Å². The molecule has 1 atom stereocenters. The molecule has 0 bridgehead atoms. The molecule has 0 radical (unpaired) electrons. The van der Waals surface area contributed by atoms with E-state index in [9.17, 15) is 0 Å². The number of unbranched alkanes of at least 4 members (excludes halogenated alkanes) is 4. The van der Waals surface area contributed by atoms with E-state index in [1.807, 2.05) is 0 Å². The Morgan fingerprint density at radius 3 is 2.15 bits per heavy atom. The van der Waals surface area contributed by atoms with Gasteiger partial charge >= 0.3 is 0 Å². The molecular formula is C9H20Cl2OSi. The zero-order valence-electron chi connectivity index (χ0n) is 8.31. The second kappa shape index (κ2) is 9.32. The Bertz CT molecular complexity index is 112. The summed E-state index contributed by atoms with van der Waals surface area (Å²) in [5.41, 5.74) is 0.543. The predicted molar refractivity (Wildman–Crippen MR) is 63.1 cm³/mol. The second-order valence-corrected chi connectivity index (χ2v) is 8.89. The van der Waals surface area contributed by atoms with Crippen molar-refractivity contribution < 1.29 is 5.11 Å². The van der Waals surface area contributed by atoms with Crippen molar-refractivity contribution in [2.75, 3.05) is 6.61 Å². The molecule has 1 N–H and O–H groups in total. The van der Waals surface area contributed by atoms with E-state index < -0.39 is 7.42 Å². The van der Waals surface area contributed by atoms with Crippen molar-refractivity contribution in [1.29, 1.82) is 0 Å². The third-order valence-electron chi connectivity index (χ3n) is 2.25. The van der Waals surface area contributed by atoms with Gasteiger partial charge < -0.3 is 5.11 Å². The smallest absolute Gasteiger partial charge is 0.239 e. The molecular weight excluding hydrogens is 223 g/mol. The van der Waals surface area contributed by atoms with Gasteiger partial charge in [0.25, 0.3) is 0 Å². The molecule has 0 aromatic carbocycles. The van der Waals surface area contributed by atoms with E-state index in [0.29, 0.717) is 12.1 Å². The van der Waals surface area contributed by atoms with E-state index in [4.69, 9.17) is 27.3 Å². The highest BCUT2D eigenvalue weighted by Gasteiger charge is 2.12. The van der Waals surface area contributed by atoms with E-state index >= 15 is 0 Å². The van der Waals surface area contributed by atoms with Gasteiger partial charge in [0.05, 0.1) is 0 Å². The van der Waals surface area contributed by atoms with Gasteiger partial charge in [-0.2, -0.15) is 22.2 Å². The number of hydrogen-bond acceptors (Lipinski definition) is 1. The topological polar surface area (TPSA) is 20.2 Å². The summed E-state index contributed by atoms with van der Waals surface area (Å²) in [5, 5.41) is 8.55. The summed E-state index contributed by atoms with van der Waals surface area (Å²) in [5.74, 6) is 0. The van der Waals surface area contributed by atoms with Crippen molar-refractivity contribution in [1.82, 2.24) is 0 Å². The molecule has 0 heterocycles. The number of rotatable bonds is 8. The number of halogens is 2. The van der Waals surface area contributed by atoms with Crippen LogP contribution in [0.3, 0.4) is 0 Å². The molecule has 0 aliphatic heterocycles. The first-order valence-electron chi connectivity index (χ1n) is 5.07. The lowest BCUT2D eigenvalue weighted by molar-refractivity contribution is 0.282. The van der Waals surface area contributed by atoms with Gasteiger partial charge in [-0.1, -0.05) is 39.0 Å². The largest absolute Gasteiger partial charge is 0.396 e. The molecule has 1 unspecified atom stereocenters. The van der Waals surface area contributed by atoms with Gasteiger partial charge in [0.1, 0.15) is 0 Å². The molecule has 0 fully saturated rings. The fourth-order valence-electron chi connectivity index (χ4n) is 1.23. The van der Waals surface area contributed by atoms with Gasteiger partial charge in [-0.15, -0.1) is 0 Å². The maximum atomic E-state index is 8.55. The summed E-state index contributed by atoms with van der Waals surface area (Å²) in [7, 11) is -1.43. The summed E-state index contributed by atoms with van der Waals surface area (Å²) in [4.78, 5) is 0. The van der Waals surface area contributed by atoms with Crippen LogP contribution in [-0.2, 0) is 0 Å². The van der Waals surface area contributed by atoms with Crippen LogP contribution in [0.5, 0.6) is 0 Å². The van der Waals surface area contributed by atoms with Crippen LogP contribution in [0, 0.1) is 0 Å². The van der Waals surface area contributed by atoms with Crippen LogP contribution in [-0.4, -0.2) is 19.1 Å². The SMILES string of the molecule is CC(CCCCCCCO)[SiH](Cl)Cl. The lowest BCUT2D eigenvalue weighted by Gasteiger charge is -2.09. The number of aliphatic hydroxyl groups excluding tert-OH is 1. The first kappa shape index (κ1) is 13.8. The summed E-state index contributed by atoms with van der Waals surface area (Å²) < 4.78 is 0. The Hall–Kier alpha value is 0.757. The normalized spacial score (nSPS) is 13.6. The predicted octanol–water partition coefficient (Wildman–Crippen LogP) is 3.41. The minimum Gasteiger partial charge on any atom is -0.396 e.